The number of aryl methyl sites for hydroxylation is 1. The molecule has 1 aliphatic heterocycles. The Bertz CT molecular complexity index is 874. The van der Waals surface area contributed by atoms with Gasteiger partial charge in [-0.15, -0.1) is 11.3 Å². The number of anilines is 1. The highest BCUT2D eigenvalue weighted by molar-refractivity contribution is 7.13. The Morgan fingerprint density at radius 2 is 2.22 bits per heavy atom. The number of nitrogens with zero attached hydrogens (tertiary/aromatic N) is 2. The molecule has 3 rings (SSSR count). The smallest absolute Gasteiger partial charge is 0.449 e. The van der Waals surface area contributed by atoms with Crippen LogP contribution in [0.1, 0.15) is 22.6 Å². The Morgan fingerprint density at radius 3 is 2.81 bits per heavy atom. The van der Waals surface area contributed by atoms with E-state index in [0.29, 0.717) is 23.8 Å². The first-order valence-electron chi connectivity index (χ1n) is 7.86. The molecule has 0 bridgehead atoms. The van der Waals surface area contributed by atoms with Gasteiger partial charge in [0.25, 0.3) is 5.91 Å². The Balaban J connectivity index is 1.61. The van der Waals surface area contributed by atoms with Crippen molar-refractivity contribution in [1.29, 1.82) is 0 Å². The number of carbonyl (C=O) groups excluding carboxylic acids is 1. The van der Waals surface area contributed by atoms with Crippen molar-refractivity contribution < 1.29 is 23.8 Å². The van der Waals surface area contributed by atoms with Crippen LogP contribution in [-0.4, -0.2) is 52.4 Å². The van der Waals surface area contributed by atoms with Crippen LogP contribution < -0.4 is 15.0 Å². The Kier molecular flexibility index (Phi) is 5.78. The first kappa shape index (κ1) is 19.7. The molecule has 0 spiro atoms. The summed E-state index contributed by atoms with van der Waals surface area (Å²) in [6.45, 7) is 2.12. The summed E-state index contributed by atoms with van der Waals surface area (Å²) in [5, 5.41) is 13.5. The number of halogens is 3. The molecule has 0 saturated carbocycles. The van der Waals surface area contributed by atoms with Gasteiger partial charge in [-0.2, -0.15) is 4.98 Å². The molecule has 2 aromatic rings. The molecule has 2 aromatic heterocycles. The van der Waals surface area contributed by atoms with Crippen molar-refractivity contribution in [3.8, 4) is 5.88 Å². The van der Waals surface area contributed by atoms with Crippen LogP contribution in [0.3, 0.4) is 0 Å². The first-order chi connectivity index (χ1) is 12.8. The van der Waals surface area contributed by atoms with Crippen molar-refractivity contribution >= 4 is 51.7 Å². The minimum atomic E-state index is -1.46. The zero-order valence-electron chi connectivity index (χ0n) is 14.0. The van der Waals surface area contributed by atoms with E-state index in [1.54, 1.807) is 11.8 Å². The molecule has 12 heteroatoms. The number of alkyl halides is 1. The Morgan fingerprint density at radius 1 is 1.48 bits per heavy atom. The number of rotatable bonds is 4. The second-order valence-electron chi connectivity index (χ2n) is 5.92. The second kappa shape index (κ2) is 7.91. The van der Waals surface area contributed by atoms with E-state index in [0.717, 1.165) is 11.3 Å². The van der Waals surface area contributed by atoms with Crippen LogP contribution >= 0.6 is 34.5 Å². The second-order valence-corrected chi connectivity index (χ2v) is 7.51. The van der Waals surface area contributed by atoms with Crippen LogP contribution in [-0.2, 0) is 0 Å². The van der Waals surface area contributed by atoms with Crippen LogP contribution in [0.4, 0.5) is 14.3 Å². The summed E-state index contributed by atoms with van der Waals surface area (Å²) in [6.07, 6.45) is -2.47. The summed E-state index contributed by atoms with van der Waals surface area (Å²) in [5.41, 5.74) is 0.658. The quantitative estimate of drug-likeness (QED) is 0.633. The van der Waals surface area contributed by atoms with Crippen molar-refractivity contribution in [2.24, 2.45) is 0 Å². The van der Waals surface area contributed by atoms with E-state index in [4.69, 9.17) is 28.3 Å². The summed E-state index contributed by atoms with van der Waals surface area (Å²) < 4.78 is 19.1. The van der Waals surface area contributed by atoms with Crippen LogP contribution in [0.15, 0.2) is 5.38 Å². The molecule has 3 N–H and O–H groups in total. The van der Waals surface area contributed by atoms with Gasteiger partial charge in [0.15, 0.2) is 5.13 Å². The fourth-order valence-electron chi connectivity index (χ4n) is 2.74. The van der Waals surface area contributed by atoms with Crippen molar-refractivity contribution in [2.75, 3.05) is 18.0 Å². The highest BCUT2D eigenvalue weighted by Crippen LogP contribution is 2.30. The molecule has 0 unspecified atom stereocenters. The summed E-state index contributed by atoms with van der Waals surface area (Å²) in [7, 11) is 0. The van der Waals surface area contributed by atoms with Gasteiger partial charge in [0.05, 0.1) is 28.0 Å². The monoisotopic (exact) mass is 436 g/mol. The summed E-state index contributed by atoms with van der Waals surface area (Å²) in [6, 6.07) is -0.693. The molecule has 8 nitrogen and oxygen atoms in total. The molecule has 0 aromatic carbocycles. The zero-order valence-corrected chi connectivity index (χ0v) is 16.3. The molecule has 1 amide bonds. The number of aromatic amines is 1. The van der Waals surface area contributed by atoms with Crippen molar-refractivity contribution in [2.45, 2.75) is 25.6 Å². The van der Waals surface area contributed by atoms with E-state index in [2.05, 4.69) is 20.0 Å². The minimum absolute atomic E-state index is 0.00319. The third kappa shape index (κ3) is 4.28. The van der Waals surface area contributed by atoms with Crippen molar-refractivity contribution in [1.82, 2.24) is 15.3 Å². The number of amides is 1. The van der Waals surface area contributed by atoms with Gasteiger partial charge in [-0.05, 0) is 13.3 Å². The van der Waals surface area contributed by atoms with Gasteiger partial charge in [-0.3, -0.25) is 4.79 Å². The lowest BCUT2D eigenvalue weighted by molar-refractivity contribution is 0.0894. The number of carboxylic acid groups (broad SMARTS) is 1. The SMILES string of the molecule is Cc1[nH]c(C(=O)N[C@@H]2CCN(c3nc(OC(=O)O)cs3)C[C@@H]2F)c(Cl)c1Cl. The predicted molar refractivity (Wildman–Crippen MR) is 99.3 cm³/mol. The van der Waals surface area contributed by atoms with E-state index >= 15 is 0 Å². The first-order valence-corrected chi connectivity index (χ1v) is 9.49. The topological polar surface area (TPSA) is 108 Å². The van der Waals surface area contributed by atoms with Gasteiger partial charge in [0, 0.05) is 12.2 Å². The number of hydrogen-bond donors (Lipinski definition) is 3. The number of ether oxygens (including phenoxy) is 1. The highest BCUT2D eigenvalue weighted by atomic mass is 35.5. The molecule has 1 fully saturated rings. The number of thiazole rings is 1. The van der Waals surface area contributed by atoms with E-state index in [1.807, 2.05) is 0 Å². The zero-order chi connectivity index (χ0) is 19.7. The lowest BCUT2D eigenvalue weighted by Gasteiger charge is -2.34. The van der Waals surface area contributed by atoms with Gasteiger partial charge >= 0.3 is 6.16 Å². The van der Waals surface area contributed by atoms with Gasteiger partial charge < -0.3 is 25.0 Å². The van der Waals surface area contributed by atoms with Crippen molar-refractivity contribution in [3.63, 3.8) is 0 Å². The third-order valence-electron chi connectivity index (χ3n) is 4.07. The van der Waals surface area contributed by atoms with E-state index in [1.165, 1.54) is 5.38 Å². The normalized spacial score (nSPS) is 19.8. The van der Waals surface area contributed by atoms with Gasteiger partial charge in [-0.1, -0.05) is 23.2 Å². The molecule has 0 radical (unpaired) electrons. The highest BCUT2D eigenvalue weighted by Gasteiger charge is 2.33. The maximum Gasteiger partial charge on any atom is 0.512 e. The average molecular weight is 437 g/mol. The molecular weight excluding hydrogens is 422 g/mol. The Hall–Kier alpha value is -2.04. The fourth-order valence-corrected chi connectivity index (χ4v) is 3.92. The molecule has 146 valence electrons. The van der Waals surface area contributed by atoms with Gasteiger partial charge in [-0.25, -0.2) is 9.18 Å². The lowest BCUT2D eigenvalue weighted by Crippen LogP contribution is -2.52. The molecule has 3 heterocycles. The number of aromatic nitrogens is 2. The van der Waals surface area contributed by atoms with Crippen LogP contribution in [0.5, 0.6) is 5.88 Å². The summed E-state index contributed by atoms with van der Waals surface area (Å²) >= 11 is 13.1. The number of carbonyl (C=O) groups is 2. The number of nitrogens with one attached hydrogen (secondary N) is 2. The van der Waals surface area contributed by atoms with E-state index < -0.39 is 24.3 Å². The van der Waals surface area contributed by atoms with Crippen LogP contribution in [0.2, 0.25) is 10.0 Å². The van der Waals surface area contributed by atoms with E-state index in [-0.39, 0.29) is 28.2 Å². The number of hydrogen-bond acceptors (Lipinski definition) is 6. The largest absolute Gasteiger partial charge is 0.512 e. The van der Waals surface area contributed by atoms with Gasteiger partial charge in [0.2, 0.25) is 5.88 Å². The molecule has 1 saturated heterocycles. The predicted octanol–water partition coefficient (Wildman–Crippen LogP) is 3.49. The molecule has 2 atom stereocenters. The fraction of sp³-hybridized carbons (Fsp3) is 0.400. The molecule has 27 heavy (non-hydrogen) atoms. The summed E-state index contributed by atoms with van der Waals surface area (Å²) in [4.78, 5) is 31.4. The molecular formula is C15H15Cl2FN4O4S. The van der Waals surface area contributed by atoms with Crippen LogP contribution in [0.25, 0.3) is 0 Å². The summed E-state index contributed by atoms with van der Waals surface area (Å²) in [5.74, 6) is -0.579. The third-order valence-corrected chi connectivity index (χ3v) is 5.90. The maximum absolute atomic E-state index is 14.6. The lowest BCUT2D eigenvalue weighted by atomic mass is 10.0. The number of H-pyrrole nitrogens is 1. The number of piperidine rings is 1. The Labute approximate surface area is 167 Å². The van der Waals surface area contributed by atoms with E-state index in [9.17, 15) is 14.0 Å². The maximum atomic E-state index is 14.6. The van der Waals surface area contributed by atoms with Crippen molar-refractivity contribution in [3.05, 3.63) is 26.8 Å². The van der Waals surface area contributed by atoms with Gasteiger partial charge in [0.1, 0.15) is 11.9 Å². The van der Waals surface area contributed by atoms with Crippen LogP contribution in [0, 0.1) is 6.92 Å². The molecule has 0 aliphatic carbocycles. The standard InChI is InChI=1S/C15H15Cl2FN4O4S/c1-6-10(16)11(17)12(19-6)13(23)20-8-2-3-22(4-7(8)18)14-21-9(5-27-14)26-15(24)25/h5,7-8,19H,2-4H2,1H3,(H,20,23)(H,24,25)/t7-,8+/m0/s1. The minimum Gasteiger partial charge on any atom is -0.449 e. The average Bonchev–Trinajstić information content (AvgIpc) is 3.16. The molecule has 1 aliphatic rings.